The minimum atomic E-state index is -5.01. The Bertz CT molecular complexity index is 1610. The summed E-state index contributed by atoms with van der Waals surface area (Å²) in [7, 11) is 0. The van der Waals surface area contributed by atoms with Gasteiger partial charge >= 0.3 is 6.36 Å². The normalized spacial score (nSPS) is 11.8. The maximum atomic E-state index is 15.3. The molecule has 0 radical (unpaired) electrons. The first-order chi connectivity index (χ1) is 16.6. The number of nitrogens with two attached hydrogens (primary N) is 1. The Hall–Kier alpha value is -4.68. The zero-order chi connectivity index (χ0) is 24.9. The molecule has 3 heterocycles. The Labute approximate surface area is 191 Å². The minimum absolute atomic E-state index is 0.0297. The molecule has 0 aliphatic heterocycles. The number of carbonyl (C=O) groups excluding carboxylic acids is 1. The molecule has 3 aromatic heterocycles. The van der Waals surface area contributed by atoms with E-state index < -0.39 is 35.3 Å². The summed E-state index contributed by atoms with van der Waals surface area (Å²) in [6.07, 6.45) is -1.64. The standard InChI is InChI=1S/C22H11F5N4O4/c23-14-4-1-9(35-22(25,26)27)5-15(14)31-20(32)13-7-33-18-11(13)3-2-10(17(18)24)12-6-34-21-16(12)19(28)29-8-30-21/h1-8H,(H,31,32)(H2,28,29,30). The van der Waals surface area contributed by atoms with Gasteiger partial charge in [-0.05, 0) is 18.2 Å². The SMILES string of the molecule is Nc1ncnc2occ(-c3ccc4c(C(=O)Nc5cc(OC(F)(F)F)ccc5F)coc4c3F)c12. The van der Waals surface area contributed by atoms with Gasteiger partial charge < -0.3 is 24.6 Å². The van der Waals surface area contributed by atoms with E-state index in [1.54, 1.807) is 0 Å². The molecule has 0 bridgehead atoms. The molecule has 178 valence electrons. The average molecular weight is 490 g/mol. The van der Waals surface area contributed by atoms with Gasteiger partial charge in [-0.25, -0.2) is 18.7 Å². The van der Waals surface area contributed by atoms with Gasteiger partial charge in [-0.3, -0.25) is 4.79 Å². The summed E-state index contributed by atoms with van der Waals surface area (Å²) in [4.78, 5) is 20.5. The Morgan fingerprint density at radius 3 is 2.60 bits per heavy atom. The average Bonchev–Trinajstić information content (AvgIpc) is 3.41. The first-order valence-electron chi connectivity index (χ1n) is 9.67. The molecule has 8 nitrogen and oxygen atoms in total. The molecule has 3 N–H and O–H groups in total. The van der Waals surface area contributed by atoms with Gasteiger partial charge in [0.25, 0.3) is 5.91 Å². The summed E-state index contributed by atoms with van der Waals surface area (Å²) in [5.41, 5.74) is 5.22. The van der Waals surface area contributed by atoms with Crippen molar-refractivity contribution in [3.05, 3.63) is 66.4 Å². The number of fused-ring (bicyclic) bond motifs is 2. The second kappa shape index (κ2) is 7.97. The van der Waals surface area contributed by atoms with E-state index in [1.165, 1.54) is 24.7 Å². The van der Waals surface area contributed by atoms with Crippen LogP contribution in [0.5, 0.6) is 5.75 Å². The number of hydrogen-bond donors (Lipinski definition) is 2. The summed E-state index contributed by atoms with van der Waals surface area (Å²) in [6, 6.07) is 4.84. The summed E-state index contributed by atoms with van der Waals surface area (Å²) in [5.74, 6) is -3.49. The van der Waals surface area contributed by atoms with Crippen molar-refractivity contribution in [2.45, 2.75) is 6.36 Å². The first kappa shape index (κ1) is 22.1. The molecule has 2 aromatic carbocycles. The second-order valence-electron chi connectivity index (χ2n) is 7.19. The van der Waals surface area contributed by atoms with E-state index in [2.05, 4.69) is 20.0 Å². The lowest BCUT2D eigenvalue weighted by molar-refractivity contribution is -0.274. The number of rotatable bonds is 4. The monoisotopic (exact) mass is 490 g/mol. The summed E-state index contributed by atoms with van der Waals surface area (Å²) in [6.45, 7) is 0. The number of amides is 1. The lowest BCUT2D eigenvalue weighted by atomic mass is 10.0. The molecule has 0 saturated heterocycles. The van der Waals surface area contributed by atoms with Crippen molar-refractivity contribution < 1.29 is 40.3 Å². The molecule has 35 heavy (non-hydrogen) atoms. The molecule has 5 aromatic rings. The van der Waals surface area contributed by atoms with E-state index >= 15 is 4.39 Å². The van der Waals surface area contributed by atoms with Crippen molar-refractivity contribution >= 4 is 39.5 Å². The maximum Gasteiger partial charge on any atom is 0.573 e. The highest BCUT2D eigenvalue weighted by atomic mass is 19.4. The molecule has 0 atom stereocenters. The van der Waals surface area contributed by atoms with Crippen LogP contribution in [0, 0.1) is 11.6 Å². The van der Waals surface area contributed by atoms with Gasteiger partial charge in [-0.2, -0.15) is 0 Å². The Morgan fingerprint density at radius 1 is 1.03 bits per heavy atom. The van der Waals surface area contributed by atoms with Crippen LogP contribution < -0.4 is 15.8 Å². The van der Waals surface area contributed by atoms with Crippen LogP contribution in [0.25, 0.3) is 33.2 Å². The van der Waals surface area contributed by atoms with Crippen LogP contribution in [0.4, 0.5) is 33.5 Å². The van der Waals surface area contributed by atoms with Gasteiger partial charge in [0.1, 0.15) is 36.2 Å². The molecular formula is C22H11F5N4O4. The van der Waals surface area contributed by atoms with Crippen LogP contribution in [0.15, 0.2) is 58.0 Å². The van der Waals surface area contributed by atoms with Crippen molar-refractivity contribution in [2.75, 3.05) is 11.1 Å². The van der Waals surface area contributed by atoms with Gasteiger partial charge in [-0.15, -0.1) is 13.2 Å². The summed E-state index contributed by atoms with van der Waals surface area (Å²) >= 11 is 0. The van der Waals surface area contributed by atoms with E-state index in [-0.39, 0.29) is 44.6 Å². The number of halogens is 5. The Kier molecular flexibility index (Phi) is 5.04. The number of nitrogens with zero attached hydrogens (tertiary/aromatic N) is 2. The Morgan fingerprint density at radius 2 is 1.83 bits per heavy atom. The number of nitrogens with one attached hydrogen (secondary N) is 1. The van der Waals surface area contributed by atoms with Crippen LogP contribution in [0.3, 0.4) is 0 Å². The number of aromatic nitrogens is 2. The predicted molar refractivity (Wildman–Crippen MR) is 112 cm³/mol. The van der Waals surface area contributed by atoms with Crippen molar-refractivity contribution in [1.29, 1.82) is 0 Å². The van der Waals surface area contributed by atoms with Crippen molar-refractivity contribution in [2.24, 2.45) is 0 Å². The van der Waals surface area contributed by atoms with E-state index in [0.29, 0.717) is 12.1 Å². The maximum absolute atomic E-state index is 15.3. The quantitative estimate of drug-likeness (QED) is 0.313. The number of furan rings is 2. The third-order valence-electron chi connectivity index (χ3n) is 5.04. The van der Waals surface area contributed by atoms with Crippen molar-refractivity contribution in [3.63, 3.8) is 0 Å². The van der Waals surface area contributed by atoms with Crippen LogP contribution in [-0.4, -0.2) is 22.2 Å². The highest BCUT2D eigenvalue weighted by molar-refractivity contribution is 6.13. The number of benzene rings is 2. The minimum Gasteiger partial charge on any atom is -0.460 e. The molecule has 0 spiro atoms. The van der Waals surface area contributed by atoms with Gasteiger partial charge in [0.15, 0.2) is 11.4 Å². The number of hydrogen-bond acceptors (Lipinski definition) is 7. The van der Waals surface area contributed by atoms with Gasteiger partial charge in [0, 0.05) is 22.6 Å². The summed E-state index contributed by atoms with van der Waals surface area (Å²) in [5, 5.41) is 2.45. The van der Waals surface area contributed by atoms with Crippen molar-refractivity contribution in [3.8, 4) is 16.9 Å². The third-order valence-corrected chi connectivity index (χ3v) is 5.04. The fraction of sp³-hybridized carbons (Fsp3) is 0.0455. The molecule has 0 unspecified atom stereocenters. The lowest BCUT2D eigenvalue weighted by Crippen LogP contribution is -2.18. The van der Waals surface area contributed by atoms with Gasteiger partial charge in [-0.1, -0.05) is 6.07 Å². The number of ether oxygens (including phenoxy) is 1. The number of alkyl halides is 3. The first-order valence-corrected chi connectivity index (χ1v) is 9.67. The fourth-order valence-corrected chi connectivity index (χ4v) is 3.53. The molecule has 13 heteroatoms. The van der Waals surface area contributed by atoms with Gasteiger partial charge in [0.2, 0.25) is 5.71 Å². The van der Waals surface area contributed by atoms with Crippen LogP contribution in [0.2, 0.25) is 0 Å². The highest BCUT2D eigenvalue weighted by Gasteiger charge is 2.31. The largest absolute Gasteiger partial charge is 0.573 e. The zero-order valence-corrected chi connectivity index (χ0v) is 17.1. The van der Waals surface area contributed by atoms with Crippen LogP contribution in [-0.2, 0) is 0 Å². The van der Waals surface area contributed by atoms with E-state index in [1.807, 2.05) is 0 Å². The predicted octanol–water partition coefficient (Wildman–Crippen LogP) is 5.65. The molecular weight excluding hydrogens is 479 g/mol. The van der Waals surface area contributed by atoms with E-state index in [0.717, 1.165) is 12.3 Å². The molecule has 1 amide bonds. The fourth-order valence-electron chi connectivity index (χ4n) is 3.53. The smallest absolute Gasteiger partial charge is 0.460 e. The Balaban J connectivity index is 1.50. The second-order valence-corrected chi connectivity index (χ2v) is 7.19. The molecule has 0 aliphatic carbocycles. The van der Waals surface area contributed by atoms with E-state index in [4.69, 9.17) is 14.6 Å². The molecule has 0 saturated carbocycles. The lowest BCUT2D eigenvalue weighted by Gasteiger charge is -2.11. The molecule has 0 aliphatic rings. The van der Waals surface area contributed by atoms with Crippen LogP contribution >= 0.6 is 0 Å². The molecule has 0 fully saturated rings. The third kappa shape index (κ3) is 3.96. The number of nitrogen functional groups attached to an aromatic ring is 1. The zero-order valence-electron chi connectivity index (χ0n) is 17.1. The van der Waals surface area contributed by atoms with Crippen molar-refractivity contribution in [1.82, 2.24) is 9.97 Å². The number of carbonyl (C=O) groups is 1. The highest BCUT2D eigenvalue weighted by Crippen LogP contribution is 2.37. The molecule has 5 rings (SSSR count). The topological polar surface area (TPSA) is 116 Å². The number of anilines is 2. The summed E-state index contributed by atoms with van der Waals surface area (Å²) < 4.78 is 81.0. The van der Waals surface area contributed by atoms with E-state index in [9.17, 15) is 22.4 Å². The van der Waals surface area contributed by atoms with Crippen LogP contribution in [0.1, 0.15) is 10.4 Å². The van der Waals surface area contributed by atoms with Gasteiger partial charge in [0.05, 0.1) is 16.6 Å².